The van der Waals surface area contributed by atoms with Crippen molar-refractivity contribution in [1.29, 1.82) is 0 Å². The molecule has 2 N–H and O–H groups in total. The zero-order chi connectivity index (χ0) is 21.2. The molecule has 0 unspecified atom stereocenters. The Morgan fingerprint density at radius 3 is 2.03 bits per heavy atom. The summed E-state index contributed by atoms with van der Waals surface area (Å²) in [6.07, 6.45) is 0.854. The molecule has 0 amide bonds. The number of nitrogens with one attached hydrogen (secondary N) is 2. The van der Waals surface area contributed by atoms with Crippen LogP contribution in [0.5, 0.6) is 23.0 Å². The van der Waals surface area contributed by atoms with E-state index in [0.29, 0.717) is 29.8 Å². The number of nitrogens with zero attached hydrogens (tertiary/aromatic N) is 1. The summed E-state index contributed by atoms with van der Waals surface area (Å²) < 4.78 is 21.7. The fourth-order valence-corrected chi connectivity index (χ4v) is 2.99. The van der Waals surface area contributed by atoms with E-state index < -0.39 is 0 Å². The van der Waals surface area contributed by atoms with Gasteiger partial charge in [0.05, 0.1) is 40.5 Å². The van der Waals surface area contributed by atoms with Gasteiger partial charge in [-0.15, -0.1) is 24.0 Å². The van der Waals surface area contributed by atoms with Gasteiger partial charge in [0.15, 0.2) is 5.96 Å². The zero-order valence-corrected chi connectivity index (χ0v) is 20.8. The van der Waals surface area contributed by atoms with Crippen LogP contribution in [0.1, 0.15) is 16.7 Å². The van der Waals surface area contributed by atoms with Crippen molar-refractivity contribution in [2.45, 2.75) is 19.9 Å². The molecule has 0 saturated heterocycles. The van der Waals surface area contributed by atoms with E-state index in [-0.39, 0.29) is 24.0 Å². The molecule has 2 aromatic carbocycles. The first-order chi connectivity index (χ1) is 14.1. The Labute approximate surface area is 196 Å². The van der Waals surface area contributed by atoms with Gasteiger partial charge < -0.3 is 29.6 Å². The average Bonchev–Trinajstić information content (AvgIpc) is 2.76. The van der Waals surface area contributed by atoms with Gasteiger partial charge >= 0.3 is 0 Å². The number of benzene rings is 2. The number of hydrogen-bond acceptors (Lipinski definition) is 5. The van der Waals surface area contributed by atoms with Crippen LogP contribution in [0.3, 0.4) is 0 Å². The van der Waals surface area contributed by atoms with Crippen LogP contribution >= 0.6 is 24.0 Å². The van der Waals surface area contributed by atoms with Gasteiger partial charge in [-0.05, 0) is 30.5 Å². The van der Waals surface area contributed by atoms with Crippen molar-refractivity contribution in [1.82, 2.24) is 10.6 Å². The second-order valence-corrected chi connectivity index (χ2v) is 6.42. The Bertz CT molecular complexity index is 818. The minimum Gasteiger partial charge on any atom is -0.496 e. The molecule has 0 fully saturated rings. The van der Waals surface area contributed by atoms with Gasteiger partial charge in [-0.2, -0.15) is 0 Å². The molecule has 30 heavy (non-hydrogen) atoms. The van der Waals surface area contributed by atoms with Gasteiger partial charge in [0.25, 0.3) is 0 Å². The highest BCUT2D eigenvalue weighted by Gasteiger charge is 2.13. The minimum absolute atomic E-state index is 0. The maximum Gasteiger partial charge on any atom is 0.191 e. The van der Waals surface area contributed by atoms with Crippen molar-refractivity contribution in [3.63, 3.8) is 0 Å². The number of hydrogen-bond donors (Lipinski definition) is 2. The molecule has 7 nitrogen and oxygen atoms in total. The summed E-state index contributed by atoms with van der Waals surface area (Å²) in [4.78, 5) is 4.29. The highest BCUT2D eigenvalue weighted by atomic mass is 127. The van der Waals surface area contributed by atoms with Crippen molar-refractivity contribution in [2.24, 2.45) is 4.99 Å². The molecule has 0 saturated carbocycles. The quantitative estimate of drug-likeness (QED) is 0.294. The predicted molar refractivity (Wildman–Crippen MR) is 131 cm³/mol. The second kappa shape index (κ2) is 13.0. The lowest BCUT2D eigenvalue weighted by atomic mass is 10.1. The summed E-state index contributed by atoms with van der Waals surface area (Å²) in [6, 6.07) is 9.92. The topological polar surface area (TPSA) is 73.3 Å². The summed E-state index contributed by atoms with van der Waals surface area (Å²) in [6.45, 7) is 3.27. The molecule has 0 aliphatic rings. The van der Waals surface area contributed by atoms with E-state index in [1.165, 1.54) is 5.56 Å². The van der Waals surface area contributed by atoms with Gasteiger partial charge in [-0.3, -0.25) is 4.99 Å². The molecule has 2 aromatic rings. The third kappa shape index (κ3) is 6.86. The Kier molecular flexibility index (Phi) is 11.2. The van der Waals surface area contributed by atoms with Crippen LogP contribution in [0.25, 0.3) is 0 Å². The van der Waals surface area contributed by atoms with E-state index in [9.17, 15) is 0 Å². The van der Waals surface area contributed by atoms with Crippen molar-refractivity contribution in [3.05, 3.63) is 47.0 Å². The number of aliphatic imine (C=N–C) groups is 1. The standard InChI is InChI=1S/C22H31N3O4.HI/c1-15-7-8-16(11-19(15)27-4)9-10-24-22(23-2)25-14-18-20(28-5)12-17(26-3)13-21(18)29-6;/h7-8,11-13H,9-10,14H2,1-6H3,(H2,23,24,25);1H. The maximum atomic E-state index is 5.49. The largest absolute Gasteiger partial charge is 0.496 e. The average molecular weight is 529 g/mol. The molecule has 0 aromatic heterocycles. The number of halogens is 1. The Morgan fingerprint density at radius 2 is 1.50 bits per heavy atom. The number of methoxy groups -OCH3 is 4. The fraction of sp³-hybridized carbons (Fsp3) is 0.409. The van der Waals surface area contributed by atoms with E-state index in [2.05, 4.69) is 33.8 Å². The van der Waals surface area contributed by atoms with Crippen LogP contribution < -0.4 is 29.6 Å². The molecule has 0 radical (unpaired) electrons. The predicted octanol–water partition coefficient (Wildman–Crippen LogP) is 3.56. The molecule has 0 spiro atoms. The van der Waals surface area contributed by atoms with E-state index in [1.54, 1.807) is 35.5 Å². The van der Waals surface area contributed by atoms with Gasteiger partial charge in [-0.1, -0.05) is 12.1 Å². The fourth-order valence-electron chi connectivity index (χ4n) is 2.99. The number of ether oxygens (including phenoxy) is 4. The number of guanidine groups is 1. The van der Waals surface area contributed by atoms with E-state index in [4.69, 9.17) is 18.9 Å². The zero-order valence-electron chi connectivity index (χ0n) is 18.5. The number of aryl methyl sites for hydroxylation is 1. The molecule has 0 heterocycles. The first kappa shape index (κ1) is 25.7. The SMILES string of the molecule is CN=C(NCCc1ccc(C)c(OC)c1)NCc1c(OC)cc(OC)cc1OC.I. The normalized spacial score (nSPS) is 10.7. The molecule has 8 heteroatoms. The van der Waals surface area contributed by atoms with Crippen LogP contribution in [0.2, 0.25) is 0 Å². The molecule has 2 rings (SSSR count). The summed E-state index contributed by atoms with van der Waals surface area (Å²) in [5, 5.41) is 6.63. The molecule has 166 valence electrons. The van der Waals surface area contributed by atoms with Crippen molar-refractivity contribution in [2.75, 3.05) is 42.0 Å². The second-order valence-electron chi connectivity index (χ2n) is 6.42. The highest BCUT2D eigenvalue weighted by Crippen LogP contribution is 2.33. The maximum absolute atomic E-state index is 5.49. The first-order valence-electron chi connectivity index (χ1n) is 9.43. The lowest BCUT2D eigenvalue weighted by molar-refractivity contribution is 0.368. The van der Waals surface area contributed by atoms with E-state index in [1.807, 2.05) is 19.1 Å². The van der Waals surface area contributed by atoms with Crippen LogP contribution in [0.15, 0.2) is 35.3 Å². The lowest BCUT2D eigenvalue weighted by Gasteiger charge is -2.17. The Balaban J connectivity index is 0.00000450. The van der Waals surface area contributed by atoms with Gasteiger partial charge in [0, 0.05) is 25.7 Å². The third-order valence-corrected chi connectivity index (χ3v) is 4.65. The summed E-state index contributed by atoms with van der Waals surface area (Å²) >= 11 is 0. The molecular weight excluding hydrogens is 497 g/mol. The van der Waals surface area contributed by atoms with Crippen LogP contribution in [0.4, 0.5) is 0 Å². The number of rotatable bonds is 9. The van der Waals surface area contributed by atoms with Gasteiger partial charge in [-0.25, -0.2) is 0 Å². The lowest BCUT2D eigenvalue weighted by Crippen LogP contribution is -2.38. The molecule has 0 aliphatic heterocycles. The molecule has 0 bridgehead atoms. The van der Waals surface area contributed by atoms with Crippen molar-refractivity contribution >= 4 is 29.9 Å². The van der Waals surface area contributed by atoms with Crippen molar-refractivity contribution < 1.29 is 18.9 Å². The van der Waals surface area contributed by atoms with Crippen LogP contribution in [-0.2, 0) is 13.0 Å². The highest BCUT2D eigenvalue weighted by molar-refractivity contribution is 14.0. The van der Waals surface area contributed by atoms with Crippen molar-refractivity contribution in [3.8, 4) is 23.0 Å². The third-order valence-electron chi connectivity index (χ3n) is 4.65. The Morgan fingerprint density at radius 1 is 0.867 bits per heavy atom. The first-order valence-corrected chi connectivity index (χ1v) is 9.43. The van der Waals surface area contributed by atoms with E-state index >= 15 is 0 Å². The van der Waals surface area contributed by atoms with Crippen LogP contribution in [0, 0.1) is 6.92 Å². The molecule has 0 atom stereocenters. The summed E-state index contributed by atoms with van der Waals surface area (Å²) in [5.74, 6) is 3.66. The van der Waals surface area contributed by atoms with E-state index in [0.717, 1.165) is 29.8 Å². The minimum atomic E-state index is 0. The summed E-state index contributed by atoms with van der Waals surface area (Å²) in [5.41, 5.74) is 3.22. The molecular formula is C22H32IN3O4. The van der Waals surface area contributed by atoms with Gasteiger partial charge in [0.1, 0.15) is 23.0 Å². The van der Waals surface area contributed by atoms with Gasteiger partial charge in [0.2, 0.25) is 0 Å². The molecule has 0 aliphatic carbocycles. The summed E-state index contributed by atoms with van der Waals surface area (Å²) in [7, 11) is 8.30. The van der Waals surface area contributed by atoms with Crippen LogP contribution in [-0.4, -0.2) is 48.0 Å². The smallest absolute Gasteiger partial charge is 0.191 e. The Hall–Kier alpha value is -2.36. The monoisotopic (exact) mass is 529 g/mol.